The molecule has 0 aliphatic heterocycles. The van der Waals surface area contributed by atoms with Crippen molar-refractivity contribution in [2.24, 2.45) is 0 Å². The number of fused-ring (bicyclic) bond motifs is 1. The molecule has 5 heteroatoms. The van der Waals surface area contributed by atoms with Gasteiger partial charge in [0.25, 0.3) is 0 Å². The highest BCUT2D eigenvalue weighted by Gasteiger charge is 2.19. The van der Waals surface area contributed by atoms with Gasteiger partial charge in [0, 0.05) is 21.7 Å². The number of ether oxygens (including phenoxy) is 1. The van der Waals surface area contributed by atoms with Crippen LogP contribution in [0.5, 0.6) is 0 Å². The Hall–Kier alpha value is -1.20. The Morgan fingerprint density at radius 3 is 2.33 bits per heavy atom. The highest BCUT2D eigenvalue weighted by Crippen LogP contribution is 2.35. The van der Waals surface area contributed by atoms with Crippen LogP contribution in [0.2, 0.25) is 0 Å². The van der Waals surface area contributed by atoms with Crippen molar-refractivity contribution in [3.05, 3.63) is 21.9 Å². The fourth-order valence-corrected chi connectivity index (χ4v) is 3.51. The first-order chi connectivity index (χ1) is 7.15. The molecule has 0 aliphatic rings. The van der Waals surface area contributed by atoms with E-state index in [2.05, 4.69) is 4.74 Å². The highest BCUT2D eigenvalue weighted by molar-refractivity contribution is 7.37. The summed E-state index contributed by atoms with van der Waals surface area (Å²) in [5.74, 6) is -0.410. The molecular weight excluding hydrogens is 232 g/mol. The maximum atomic E-state index is 11.4. The number of rotatable bonds is 2. The number of Topliss-reactive ketones (excluding diaryl/α,β-unsaturated/α-hetero) is 1. The normalized spacial score (nSPS) is 10.5. The maximum absolute atomic E-state index is 11.4. The van der Waals surface area contributed by atoms with E-state index in [1.54, 1.807) is 10.8 Å². The third-order valence-corrected chi connectivity index (χ3v) is 4.22. The van der Waals surface area contributed by atoms with Crippen LogP contribution in [0.25, 0.3) is 9.40 Å². The minimum atomic E-state index is -0.387. The smallest absolute Gasteiger partial charge is 0.339 e. The lowest BCUT2D eigenvalue weighted by Gasteiger charge is -1.96. The third kappa shape index (κ3) is 1.57. The number of esters is 1. The summed E-state index contributed by atoms with van der Waals surface area (Å²) in [4.78, 5) is 22.8. The van der Waals surface area contributed by atoms with E-state index in [1.165, 1.54) is 36.7 Å². The van der Waals surface area contributed by atoms with Crippen LogP contribution in [0, 0.1) is 0 Å². The molecule has 3 nitrogen and oxygen atoms in total. The lowest BCUT2D eigenvalue weighted by Crippen LogP contribution is -2.01. The summed E-state index contributed by atoms with van der Waals surface area (Å²) in [5.41, 5.74) is 1.10. The van der Waals surface area contributed by atoms with Crippen LogP contribution in [0.3, 0.4) is 0 Å². The van der Waals surface area contributed by atoms with Crippen LogP contribution in [0.4, 0.5) is 0 Å². The summed E-state index contributed by atoms with van der Waals surface area (Å²) < 4.78 is 5.65. The molecule has 78 valence electrons. The standard InChI is InChI=1S/C10H8O3S2/c1-5(11)6-3-14-10-8(6)7(4-15-10)9(12)13-2/h3-4H,1-2H3. The van der Waals surface area contributed by atoms with Crippen molar-refractivity contribution in [2.75, 3.05) is 7.11 Å². The van der Waals surface area contributed by atoms with Crippen LogP contribution in [-0.2, 0) is 4.74 Å². The van der Waals surface area contributed by atoms with Gasteiger partial charge in [0.15, 0.2) is 5.78 Å². The Morgan fingerprint density at radius 1 is 1.20 bits per heavy atom. The van der Waals surface area contributed by atoms with Crippen molar-refractivity contribution in [3.8, 4) is 0 Å². The zero-order valence-corrected chi connectivity index (χ0v) is 9.83. The molecule has 2 rings (SSSR count). The SMILES string of the molecule is COC(=O)c1csc2scc(C(C)=O)c12. The quantitative estimate of drug-likeness (QED) is 0.598. The second-order valence-corrected chi connectivity index (χ2v) is 5.03. The average Bonchev–Trinajstić information content (AvgIpc) is 2.75. The Bertz CT molecular complexity index is 536. The van der Waals surface area contributed by atoms with E-state index in [4.69, 9.17) is 0 Å². The summed E-state index contributed by atoms with van der Waals surface area (Å²) in [5, 5.41) is 4.26. The molecule has 0 fully saturated rings. The topological polar surface area (TPSA) is 43.4 Å². The minimum Gasteiger partial charge on any atom is -0.465 e. The minimum absolute atomic E-state index is 0.0233. The number of thiophene rings is 2. The Morgan fingerprint density at radius 2 is 1.80 bits per heavy atom. The lowest BCUT2D eigenvalue weighted by molar-refractivity contribution is 0.0603. The molecule has 0 bridgehead atoms. The van der Waals surface area contributed by atoms with Gasteiger partial charge in [-0.1, -0.05) is 0 Å². The van der Waals surface area contributed by atoms with Crippen molar-refractivity contribution >= 4 is 43.8 Å². The van der Waals surface area contributed by atoms with E-state index >= 15 is 0 Å². The van der Waals surface area contributed by atoms with Crippen LogP contribution in [-0.4, -0.2) is 18.9 Å². The molecule has 0 atom stereocenters. The molecule has 15 heavy (non-hydrogen) atoms. The van der Waals surface area contributed by atoms with Gasteiger partial charge >= 0.3 is 5.97 Å². The summed E-state index contributed by atoms with van der Waals surface area (Å²) >= 11 is 2.94. The van der Waals surface area contributed by atoms with Crippen LogP contribution in [0.15, 0.2) is 10.8 Å². The van der Waals surface area contributed by atoms with Gasteiger partial charge in [0.1, 0.15) is 0 Å². The number of hydrogen-bond donors (Lipinski definition) is 0. The monoisotopic (exact) mass is 240 g/mol. The van der Waals surface area contributed by atoms with E-state index in [-0.39, 0.29) is 11.8 Å². The molecular formula is C10H8O3S2. The van der Waals surface area contributed by atoms with Gasteiger partial charge in [0.2, 0.25) is 0 Å². The zero-order chi connectivity index (χ0) is 11.0. The predicted octanol–water partition coefficient (Wildman–Crippen LogP) is 2.95. The molecule has 0 saturated carbocycles. The number of carbonyl (C=O) groups is 2. The van der Waals surface area contributed by atoms with Crippen molar-refractivity contribution in [1.29, 1.82) is 0 Å². The van der Waals surface area contributed by atoms with Gasteiger partial charge in [-0.3, -0.25) is 4.79 Å². The summed E-state index contributed by atoms with van der Waals surface area (Å²) in [7, 11) is 1.34. The first-order valence-electron chi connectivity index (χ1n) is 4.23. The van der Waals surface area contributed by atoms with Crippen LogP contribution in [0.1, 0.15) is 27.6 Å². The molecule has 0 N–H and O–H groups in total. The summed E-state index contributed by atoms with van der Waals surface area (Å²) in [6, 6.07) is 0. The molecule has 0 amide bonds. The molecule has 2 aromatic heterocycles. The Labute approximate surface area is 94.3 Å². The van der Waals surface area contributed by atoms with Crippen molar-refractivity contribution in [2.45, 2.75) is 6.92 Å². The summed E-state index contributed by atoms with van der Waals surface area (Å²) in [6.07, 6.45) is 0. The van der Waals surface area contributed by atoms with Crippen molar-refractivity contribution in [1.82, 2.24) is 0 Å². The van der Waals surface area contributed by atoms with Gasteiger partial charge in [-0.25, -0.2) is 4.79 Å². The predicted molar refractivity (Wildman–Crippen MR) is 61.0 cm³/mol. The number of carbonyl (C=O) groups excluding carboxylic acids is 2. The molecule has 0 aliphatic carbocycles. The first kappa shape index (κ1) is 10.3. The number of hydrogen-bond acceptors (Lipinski definition) is 5. The fourth-order valence-electron chi connectivity index (χ4n) is 1.37. The van der Waals surface area contributed by atoms with Crippen LogP contribution >= 0.6 is 22.7 Å². The Balaban J connectivity index is 2.70. The van der Waals surface area contributed by atoms with E-state index < -0.39 is 0 Å². The van der Waals surface area contributed by atoms with Gasteiger partial charge in [-0.2, -0.15) is 0 Å². The van der Waals surface area contributed by atoms with E-state index in [0.29, 0.717) is 11.1 Å². The highest BCUT2D eigenvalue weighted by atomic mass is 32.2. The summed E-state index contributed by atoms with van der Waals surface area (Å²) in [6.45, 7) is 1.50. The molecule has 0 unspecified atom stereocenters. The molecule has 0 aromatic carbocycles. The zero-order valence-electron chi connectivity index (χ0n) is 8.20. The third-order valence-electron chi connectivity index (χ3n) is 2.10. The van der Waals surface area contributed by atoms with Gasteiger partial charge in [-0.15, -0.1) is 22.7 Å². The van der Waals surface area contributed by atoms with Crippen molar-refractivity contribution < 1.29 is 14.3 Å². The largest absolute Gasteiger partial charge is 0.465 e. The number of methoxy groups -OCH3 is 1. The molecule has 0 saturated heterocycles. The molecule has 0 spiro atoms. The van der Waals surface area contributed by atoms with Gasteiger partial charge in [0.05, 0.1) is 16.7 Å². The molecule has 2 aromatic rings. The molecule has 2 heterocycles. The number of ketones is 1. The van der Waals surface area contributed by atoms with Gasteiger partial charge < -0.3 is 4.74 Å². The first-order valence-corrected chi connectivity index (χ1v) is 5.99. The van der Waals surface area contributed by atoms with E-state index in [0.717, 1.165) is 9.40 Å². The second kappa shape index (κ2) is 3.75. The van der Waals surface area contributed by atoms with Crippen LogP contribution < -0.4 is 0 Å². The lowest BCUT2D eigenvalue weighted by atomic mass is 10.1. The van der Waals surface area contributed by atoms with E-state index in [1.807, 2.05) is 0 Å². The van der Waals surface area contributed by atoms with E-state index in [9.17, 15) is 9.59 Å². The Kier molecular flexibility index (Phi) is 2.58. The average molecular weight is 240 g/mol. The van der Waals surface area contributed by atoms with Crippen molar-refractivity contribution in [3.63, 3.8) is 0 Å². The molecule has 0 radical (unpaired) electrons. The fraction of sp³-hybridized carbons (Fsp3) is 0.200. The maximum Gasteiger partial charge on any atom is 0.339 e. The second-order valence-electron chi connectivity index (χ2n) is 3.01. The van der Waals surface area contributed by atoms with Gasteiger partial charge in [-0.05, 0) is 6.92 Å².